The van der Waals surface area contributed by atoms with Crippen LogP contribution in [0, 0.1) is 0 Å². The number of likely N-dealkylation sites (tertiary alicyclic amines) is 1. The van der Waals surface area contributed by atoms with Crippen LogP contribution >= 0.6 is 11.3 Å². The lowest BCUT2D eigenvalue weighted by Crippen LogP contribution is -2.38. The molecule has 0 radical (unpaired) electrons. The first kappa shape index (κ1) is 14.6. The molecule has 114 valence electrons. The zero-order chi connectivity index (χ0) is 15.5. The van der Waals surface area contributed by atoms with Gasteiger partial charge in [-0.3, -0.25) is 14.6 Å². The van der Waals surface area contributed by atoms with E-state index in [4.69, 9.17) is 5.73 Å². The molecular weight excluding hydrogens is 300 g/mol. The van der Waals surface area contributed by atoms with Gasteiger partial charge in [0.1, 0.15) is 15.6 Å². The molecule has 1 unspecified atom stereocenters. The molecule has 0 aromatic carbocycles. The molecule has 1 aliphatic heterocycles. The first-order valence-electron chi connectivity index (χ1n) is 7.14. The van der Waals surface area contributed by atoms with Gasteiger partial charge < -0.3 is 10.6 Å². The quantitative estimate of drug-likeness (QED) is 0.938. The van der Waals surface area contributed by atoms with Crippen LogP contribution in [0.2, 0.25) is 0 Å². The van der Waals surface area contributed by atoms with E-state index >= 15 is 0 Å². The molecule has 1 aliphatic rings. The van der Waals surface area contributed by atoms with Gasteiger partial charge in [0.2, 0.25) is 0 Å². The lowest BCUT2D eigenvalue weighted by Gasteiger charge is -2.34. The van der Waals surface area contributed by atoms with Gasteiger partial charge in [-0.2, -0.15) is 0 Å². The average Bonchev–Trinajstić information content (AvgIpc) is 3.05. The third-order valence-corrected chi connectivity index (χ3v) is 4.81. The highest BCUT2D eigenvalue weighted by atomic mass is 32.1. The molecule has 0 aliphatic carbocycles. The number of nitrogens with zero attached hydrogens (tertiary/aromatic N) is 3. The Morgan fingerprint density at radius 2 is 2.14 bits per heavy atom. The number of aromatic nitrogens is 2. The van der Waals surface area contributed by atoms with Crippen molar-refractivity contribution in [1.29, 1.82) is 0 Å². The number of primary amides is 1. The number of hydrogen-bond acceptors (Lipinski definition) is 5. The van der Waals surface area contributed by atoms with Crippen LogP contribution in [0.1, 0.15) is 50.5 Å². The molecule has 2 aromatic heterocycles. The van der Waals surface area contributed by atoms with Crippen molar-refractivity contribution >= 4 is 23.2 Å². The number of carbonyl (C=O) groups excluding carboxylic acids is 2. The normalized spacial score (nSPS) is 18.2. The molecular formula is C15H16N4O2S. The molecule has 0 bridgehead atoms. The van der Waals surface area contributed by atoms with E-state index in [-0.39, 0.29) is 11.9 Å². The van der Waals surface area contributed by atoms with E-state index in [9.17, 15) is 9.59 Å². The van der Waals surface area contributed by atoms with E-state index < -0.39 is 5.91 Å². The fourth-order valence-corrected chi connectivity index (χ4v) is 3.54. The van der Waals surface area contributed by atoms with Gasteiger partial charge in [-0.05, 0) is 31.4 Å². The van der Waals surface area contributed by atoms with Crippen molar-refractivity contribution in [1.82, 2.24) is 14.9 Å². The summed E-state index contributed by atoms with van der Waals surface area (Å²) in [5.74, 6) is -0.580. The van der Waals surface area contributed by atoms with Gasteiger partial charge in [-0.15, -0.1) is 11.3 Å². The minimum absolute atomic E-state index is 0.0962. The summed E-state index contributed by atoms with van der Waals surface area (Å²) in [7, 11) is 0. The Kier molecular flexibility index (Phi) is 4.15. The van der Waals surface area contributed by atoms with Crippen molar-refractivity contribution < 1.29 is 9.59 Å². The molecule has 0 saturated carbocycles. The summed E-state index contributed by atoms with van der Waals surface area (Å²) in [4.78, 5) is 34.6. The summed E-state index contributed by atoms with van der Waals surface area (Å²) in [6, 6.07) is 5.18. The fourth-order valence-electron chi connectivity index (χ4n) is 2.62. The van der Waals surface area contributed by atoms with Gasteiger partial charge in [0.15, 0.2) is 0 Å². The molecule has 1 fully saturated rings. The zero-order valence-electron chi connectivity index (χ0n) is 11.9. The van der Waals surface area contributed by atoms with Crippen LogP contribution in [0.15, 0.2) is 30.6 Å². The second-order valence-electron chi connectivity index (χ2n) is 5.15. The van der Waals surface area contributed by atoms with Crippen LogP contribution in [0.3, 0.4) is 0 Å². The van der Waals surface area contributed by atoms with Crippen molar-refractivity contribution in [2.45, 2.75) is 25.3 Å². The van der Waals surface area contributed by atoms with Crippen LogP contribution in [0.5, 0.6) is 0 Å². The minimum atomic E-state index is -0.484. The highest BCUT2D eigenvalue weighted by molar-refractivity contribution is 7.13. The van der Waals surface area contributed by atoms with E-state index in [1.54, 1.807) is 29.3 Å². The Hall–Kier alpha value is -2.28. The number of amides is 2. The second kappa shape index (κ2) is 6.23. The maximum absolute atomic E-state index is 12.7. The van der Waals surface area contributed by atoms with E-state index in [0.717, 1.165) is 24.3 Å². The summed E-state index contributed by atoms with van der Waals surface area (Å²) in [5, 5.41) is 0.762. The molecule has 7 heteroatoms. The number of carbonyl (C=O) groups is 2. The maximum Gasteiger partial charge on any atom is 0.273 e. The molecule has 6 nitrogen and oxygen atoms in total. The summed E-state index contributed by atoms with van der Waals surface area (Å²) in [6.45, 7) is 0.672. The Bertz CT molecular complexity index is 686. The molecule has 0 spiro atoms. The molecule has 22 heavy (non-hydrogen) atoms. The van der Waals surface area contributed by atoms with Gasteiger partial charge in [0.05, 0.1) is 12.2 Å². The second-order valence-corrected chi connectivity index (χ2v) is 6.21. The first-order chi connectivity index (χ1) is 10.7. The monoisotopic (exact) mass is 316 g/mol. The molecule has 3 heterocycles. The molecule has 3 rings (SSSR count). The van der Waals surface area contributed by atoms with E-state index in [1.807, 2.05) is 0 Å². The molecule has 2 N–H and O–H groups in total. The highest BCUT2D eigenvalue weighted by Gasteiger charge is 2.31. The van der Waals surface area contributed by atoms with E-state index in [0.29, 0.717) is 17.1 Å². The van der Waals surface area contributed by atoms with Crippen molar-refractivity contribution in [3.05, 3.63) is 46.2 Å². The van der Waals surface area contributed by atoms with Gasteiger partial charge in [-0.25, -0.2) is 4.98 Å². The van der Waals surface area contributed by atoms with Crippen molar-refractivity contribution in [3.63, 3.8) is 0 Å². The third-order valence-electron chi connectivity index (χ3n) is 3.70. The van der Waals surface area contributed by atoms with Crippen LogP contribution in [-0.4, -0.2) is 33.2 Å². The van der Waals surface area contributed by atoms with Crippen molar-refractivity contribution in [2.24, 2.45) is 5.73 Å². The predicted octanol–water partition coefficient (Wildman–Crippen LogP) is 2.00. The van der Waals surface area contributed by atoms with Gasteiger partial charge in [0.25, 0.3) is 11.8 Å². The van der Waals surface area contributed by atoms with Crippen LogP contribution < -0.4 is 5.73 Å². The maximum atomic E-state index is 12.7. The minimum Gasteiger partial charge on any atom is -0.365 e. The topological polar surface area (TPSA) is 89.2 Å². The van der Waals surface area contributed by atoms with Crippen LogP contribution in [0.25, 0.3) is 0 Å². The molecule has 1 saturated heterocycles. The lowest BCUT2D eigenvalue weighted by molar-refractivity contribution is 0.0605. The summed E-state index contributed by atoms with van der Waals surface area (Å²) < 4.78 is 0. The first-order valence-corrected chi connectivity index (χ1v) is 7.96. The van der Waals surface area contributed by atoms with Gasteiger partial charge in [-0.1, -0.05) is 6.07 Å². The number of rotatable bonds is 3. The number of piperidine rings is 1. The zero-order valence-corrected chi connectivity index (χ0v) is 12.8. The van der Waals surface area contributed by atoms with E-state index in [1.165, 1.54) is 17.5 Å². The molecule has 1 atom stereocenters. The standard InChI is InChI=1S/C15H16N4O2S/c16-13(20)12-9-18-14(22-12)11-6-2-4-8-19(11)15(21)10-5-1-3-7-17-10/h1,3,5,7,9,11H,2,4,6,8H2,(H2,16,20). The Morgan fingerprint density at radius 3 is 2.82 bits per heavy atom. The summed E-state index contributed by atoms with van der Waals surface area (Å²) in [5.41, 5.74) is 5.71. The molecule has 2 aromatic rings. The lowest BCUT2D eigenvalue weighted by atomic mass is 10.0. The third kappa shape index (κ3) is 2.85. The largest absolute Gasteiger partial charge is 0.365 e. The Labute approximate surface area is 132 Å². The number of nitrogens with two attached hydrogens (primary N) is 1. The van der Waals surface area contributed by atoms with Gasteiger partial charge in [0, 0.05) is 12.7 Å². The van der Waals surface area contributed by atoms with Crippen molar-refractivity contribution in [3.8, 4) is 0 Å². The Balaban J connectivity index is 1.87. The Morgan fingerprint density at radius 1 is 1.27 bits per heavy atom. The van der Waals surface area contributed by atoms with Crippen LogP contribution in [0.4, 0.5) is 0 Å². The van der Waals surface area contributed by atoms with Crippen molar-refractivity contribution in [2.75, 3.05) is 6.54 Å². The number of hydrogen-bond donors (Lipinski definition) is 1. The van der Waals surface area contributed by atoms with E-state index in [2.05, 4.69) is 9.97 Å². The number of pyridine rings is 1. The summed E-state index contributed by atoms with van der Waals surface area (Å²) >= 11 is 1.26. The predicted molar refractivity (Wildman–Crippen MR) is 82.5 cm³/mol. The number of thiazole rings is 1. The highest BCUT2D eigenvalue weighted by Crippen LogP contribution is 2.34. The molecule has 2 amide bonds. The smallest absolute Gasteiger partial charge is 0.273 e. The summed E-state index contributed by atoms with van der Waals surface area (Å²) in [6.07, 6.45) is 5.93. The SMILES string of the molecule is NC(=O)c1cnc(C2CCCCN2C(=O)c2ccccn2)s1. The fraction of sp³-hybridized carbons (Fsp3) is 0.333. The average molecular weight is 316 g/mol. The van der Waals surface area contributed by atoms with Gasteiger partial charge >= 0.3 is 0 Å². The van der Waals surface area contributed by atoms with Crippen LogP contribution in [-0.2, 0) is 0 Å².